The molecule has 0 fully saturated rings. The van der Waals surface area contributed by atoms with Gasteiger partial charge in [-0.25, -0.2) is 9.78 Å². The van der Waals surface area contributed by atoms with Crippen LogP contribution in [0.4, 0.5) is 5.13 Å². The molecule has 0 unspecified atom stereocenters. The number of benzene rings is 1. The predicted octanol–water partition coefficient (Wildman–Crippen LogP) is 2.50. The average molecular weight is 278 g/mol. The first-order valence-corrected chi connectivity index (χ1v) is 6.57. The zero-order valence-electron chi connectivity index (χ0n) is 10.4. The van der Waals surface area contributed by atoms with Gasteiger partial charge in [0.25, 0.3) is 0 Å². The lowest BCUT2D eigenvalue weighted by molar-refractivity contribution is 0.0702. The third-order valence-electron chi connectivity index (χ3n) is 2.58. The lowest BCUT2D eigenvalue weighted by atomic mass is 10.1. The Bertz CT molecular complexity index is 569. The van der Waals surface area contributed by atoms with E-state index in [2.05, 4.69) is 10.3 Å². The molecule has 5 nitrogen and oxygen atoms in total. The second kappa shape index (κ2) is 6.19. The molecule has 1 aromatic carbocycles. The van der Waals surface area contributed by atoms with E-state index in [0.29, 0.717) is 11.7 Å². The van der Waals surface area contributed by atoms with Gasteiger partial charge in [0.1, 0.15) is 10.6 Å². The fourth-order valence-corrected chi connectivity index (χ4v) is 2.35. The Kier molecular flexibility index (Phi) is 4.35. The number of nitrogens with zero attached hydrogens (tertiary/aromatic N) is 1. The third kappa shape index (κ3) is 3.45. The summed E-state index contributed by atoms with van der Waals surface area (Å²) in [5, 5.41) is 12.5. The number of anilines is 1. The number of methoxy groups -OCH3 is 1. The molecule has 0 bridgehead atoms. The predicted molar refractivity (Wildman–Crippen MR) is 74.3 cm³/mol. The van der Waals surface area contributed by atoms with Crippen LogP contribution in [0.1, 0.15) is 15.2 Å². The van der Waals surface area contributed by atoms with Gasteiger partial charge >= 0.3 is 5.97 Å². The average Bonchev–Trinajstić information content (AvgIpc) is 2.88. The summed E-state index contributed by atoms with van der Waals surface area (Å²) < 4.78 is 5.27. The van der Waals surface area contributed by atoms with Crippen molar-refractivity contribution in [1.29, 1.82) is 0 Å². The number of aromatic nitrogens is 1. The second-order valence-corrected chi connectivity index (χ2v) is 4.85. The van der Waals surface area contributed by atoms with Crippen LogP contribution >= 0.6 is 11.3 Å². The highest BCUT2D eigenvalue weighted by Crippen LogP contribution is 2.20. The molecular weight excluding hydrogens is 264 g/mol. The number of carboxylic acid groups (broad SMARTS) is 1. The molecule has 0 aliphatic heterocycles. The molecule has 0 saturated carbocycles. The molecule has 2 N–H and O–H groups in total. The molecule has 0 aliphatic carbocycles. The van der Waals surface area contributed by atoms with Crippen LogP contribution in [-0.4, -0.2) is 29.7 Å². The number of nitrogens with one attached hydrogen (secondary N) is 1. The van der Waals surface area contributed by atoms with Crippen LogP contribution in [0.2, 0.25) is 0 Å². The van der Waals surface area contributed by atoms with E-state index in [-0.39, 0.29) is 4.88 Å². The van der Waals surface area contributed by atoms with Crippen molar-refractivity contribution >= 4 is 22.4 Å². The standard InChI is InChI=1S/C13H14N2O3S/c1-18-10-5-3-2-4-9(10)6-7-14-13-15-8-11(19-13)12(16)17/h2-5,8H,6-7H2,1H3,(H,14,15)(H,16,17). The number of carboxylic acids is 1. The first-order valence-electron chi connectivity index (χ1n) is 5.75. The van der Waals surface area contributed by atoms with Crippen LogP contribution in [0.25, 0.3) is 0 Å². The van der Waals surface area contributed by atoms with E-state index in [1.807, 2.05) is 24.3 Å². The van der Waals surface area contributed by atoms with E-state index in [4.69, 9.17) is 9.84 Å². The molecule has 0 amide bonds. The molecule has 0 aliphatic rings. The fourth-order valence-electron chi connectivity index (χ4n) is 1.67. The van der Waals surface area contributed by atoms with Crippen molar-refractivity contribution in [1.82, 2.24) is 4.98 Å². The van der Waals surface area contributed by atoms with Crippen molar-refractivity contribution in [3.63, 3.8) is 0 Å². The van der Waals surface area contributed by atoms with E-state index in [1.54, 1.807) is 7.11 Å². The first kappa shape index (κ1) is 13.4. The third-order valence-corrected chi connectivity index (χ3v) is 3.52. The van der Waals surface area contributed by atoms with Gasteiger partial charge in [-0.3, -0.25) is 0 Å². The van der Waals surface area contributed by atoms with Gasteiger partial charge in [0.05, 0.1) is 13.3 Å². The number of thiazole rings is 1. The van der Waals surface area contributed by atoms with Gasteiger partial charge in [0, 0.05) is 6.54 Å². The van der Waals surface area contributed by atoms with Crippen molar-refractivity contribution in [2.45, 2.75) is 6.42 Å². The number of aromatic carboxylic acids is 1. The van der Waals surface area contributed by atoms with Gasteiger partial charge in [0.15, 0.2) is 5.13 Å². The number of hydrogen-bond donors (Lipinski definition) is 2. The summed E-state index contributed by atoms with van der Waals surface area (Å²) >= 11 is 1.13. The monoisotopic (exact) mass is 278 g/mol. The van der Waals surface area contributed by atoms with Gasteiger partial charge in [-0.05, 0) is 18.1 Å². The molecule has 2 aromatic rings. The summed E-state index contributed by atoms with van der Waals surface area (Å²) in [6.07, 6.45) is 2.14. The number of ether oxygens (including phenoxy) is 1. The van der Waals surface area contributed by atoms with Crippen molar-refractivity contribution in [3.8, 4) is 5.75 Å². The molecule has 100 valence electrons. The Balaban J connectivity index is 1.90. The molecule has 0 saturated heterocycles. The molecule has 0 spiro atoms. The Hall–Kier alpha value is -2.08. The van der Waals surface area contributed by atoms with E-state index in [1.165, 1.54) is 6.20 Å². The highest BCUT2D eigenvalue weighted by molar-refractivity contribution is 7.17. The smallest absolute Gasteiger partial charge is 0.347 e. The van der Waals surface area contributed by atoms with E-state index >= 15 is 0 Å². The van der Waals surface area contributed by atoms with Crippen LogP contribution in [0.15, 0.2) is 30.5 Å². The van der Waals surface area contributed by atoms with Crippen LogP contribution in [0, 0.1) is 0 Å². The number of para-hydroxylation sites is 1. The van der Waals surface area contributed by atoms with Gasteiger partial charge in [-0.15, -0.1) is 0 Å². The minimum absolute atomic E-state index is 0.236. The summed E-state index contributed by atoms with van der Waals surface area (Å²) in [5.74, 6) is -0.0926. The van der Waals surface area contributed by atoms with Crippen molar-refractivity contribution in [3.05, 3.63) is 40.9 Å². The van der Waals surface area contributed by atoms with Gasteiger partial charge in [-0.1, -0.05) is 29.5 Å². The Labute approximate surface area is 114 Å². The summed E-state index contributed by atoms with van der Waals surface area (Å²) in [4.78, 5) is 15.0. The Morgan fingerprint density at radius 2 is 2.26 bits per heavy atom. The SMILES string of the molecule is COc1ccccc1CCNc1ncc(C(=O)O)s1. The summed E-state index contributed by atoms with van der Waals surface area (Å²) in [6, 6.07) is 7.81. The van der Waals surface area contributed by atoms with Gasteiger partial charge in [-0.2, -0.15) is 0 Å². The topological polar surface area (TPSA) is 71.5 Å². The zero-order valence-corrected chi connectivity index (χ0v) is 11.2. The van der Waals surface area contributed by atoms with E-state index in [9.17, 15) is 4.79 Å². The zero-order chi connectivity index (χ0) is 13.7. The maximum Gasteiger partial charge on any atom is 0.347 e. The van der Waals surface area contributed by atoms with Crippen molar-refractivity contribution in [2.75, 3.05) is 19.0 Å². The largest absolute Gasteiger partial charge is 0.496 e. The molecule has 6 heteroatoms. The first-order chi connectivity index (χ1) is 9.20. The minimum atomic E-state index is -0.949. The highest BCUT2D eigenvalue weighted by atomic mass is 32.1. The van der Waals surface area contributed by atoms with Crippen LogP contribution < -0.4 is 10.1 Å². The van der Waals surface area contributed by atoms with E-state index in [0.717, 1.165) is 29.1 Å². The lowest BCUT2D eigenvalue weighted by Gasteiger charge is -2.08. The van der Waals surface area contributed by atoms with Crippen LogP contribution in [0.5, 0.6) is 5.75 Å². The molecular formula is C13H14N2O3S. The second-order valence-electron chi connectivity index (χ2n) is 3.82. The molecule has 1 heterocycles. The van der Waals surface area contributed by atoms with Gasteiger partial charge < -0.3 is 15.2 Å². The van der Waals surface area contributed by atoms with Gasteiger partial charge in [0.2, 0.25) is 0 Å². The minimum Gasteiger partial charge on any atom is -0.496 e. The fraction of sp³-hybridized carbons (Fsp3) is 0.231. The number of hydrogen-bond acceptors (Lipinski definition) is 5. The van der Waals surface area contributed by atoms with E-state index < -0.39 is 5.97 Å². The molecule has 2 rings (SSSR count). The van der Waals surface area contributed by atoms with Crippen LogP contribution in [0.3, 0.4) is 0 Å². The maximum absolute atomic E-state index is 10.7. The number of rotatable bonds is 6. The molecule has 1 aromatic heterocycles. The molecule has 0 atom stereocenters. The van der Waals surface area contributed by atoms with Crippen LogP contribution in [-0.2, 0) is 6.42 Å². The van der Waals surface area contributed by atoms with Crippen molar-refractivity contribution < 1.29 is 14.6 Å². The summed E-state index contributed by atoms with van der Waals surface area (Å²) in [5.41, 5.74) is 1.10. The molecule has 0 radical (unpaired) electrons. The number of carbonyl (C=O) groups is 1. The normalized spacial score (nSPS) is 10.2. The highest BCUT2D eigenvalue weighted by Gasteiger charge is 2.08. The lowest BCUT2D eigenvalue weighted by Crippen LogP contribution is -2.05. The Morgan fingerprint density at radius 1 is 1.47 bits per heavy atom. The molecule has 19 heavy (non-hydrogen) atoms. The summed E-state index contributed by atoms with van der Waals surface area (Å²) in [7, 11) is 1.65. The Morgan fingerprint density at radius 3 is 2.95 bits per heavy atom. The van der Waals surface area contributed by atoms with Crippen molar-refractivity contribution in [2.24, 2.45) is 0 Å². The summed E-state index contributed by atoms with van der Waals surface area (Å²) in [6.45, 7) is 0.674. The quantitative estimate of drug-likeness (QED) is 0.849. The maximum atomic E-state index is 10.7.